The zero-order valence-electron chi connectivity index (χ0n) is 16.0. The number of benzene rings is 1. The molecule has 1 amide bonds. The maximum absolute atomic E-state index is 13.4. The second kappa shape index (κ2) is 6.43. The Balaban J connectivity index is 1.69. The van der Waals surface area contributed by atoms with Crippen LogP contribution in [0.2, 0.25) is 5.15 Å². The first-order valence-corrected chi connectivity index (χ1v) is 9.98. The predicted octanol–water partition coefficient (Wildman–Crippen LogP) is 2.72. The minimum absolute atomic E-state index is 0.152. The minimum atomic E-state index is -1.12. The molecule has 150 valence electrons. The van der Waals surface area contributed by atoms with Crippen molar-refractivity contribution in [2.75, 3.05) is 20.3 Å². The van der Waals surface area contributed by atoms with E-state index in [1.807, 2.05) is 30.3 Å². The van der Waals surface area contributed by atoms with Gasteiger partial charge in [-0.1, -0.05) is 17.7 Å². The molecule has 0 radical (unpaired) electrons. The average Bonchev–Trinajstić information content (AvgIpc) is 2.92. The number of likely N-dealkylation sites (N-methyl/N-ethyl adjacent to an activating group) is 1. The number of guanidine groups is 1. The molecule has 1 fully saturated rings. The van der Waals surface area contributed by atoms with Crippen LogP contribution in [0.1, 0.15) is 24.8 Å². The molecule has 0 bridgehead atoms. The number of halogens is 1. The third kappa shape index (κ3) is 2.80. The van der Waals surface area contributed by atoms with Crippen LogP contribution in [0.3, 0.4) is 0 Å². The molecule has 5 rings (SSSR count). The van der Waals surface area contributed by atoms with Gasteiger partial charge in [0.05, 0.1) is 12.3 Å². The molecule has 2 N–H and O–H groups in total. The molecule has 3 aliphatic rings. The van der Waals surface area contributed by atoms with E-state index in [4.69, 9.17) is 26.8 Å². The lowest BCUT2D eigenvalue weighted by Crippen LogP contribution is -2.55. The standard InChI is InChI=1S/C21H21ClN4O3/c1-26-18(27)21(25-19(26)23)11-20(8-3-9-28-12-20)29-16-7-6-13(10-14(16)21)15-4-2-5-17(22)24-15/h2,4-7,10H,3,8-9,11-12H2,1H3,(H2,23,25)/t20-,21-/m0/s1. The van der Waals surface area contributed by atoms with Crippen LogP contribution >= 0.6 is 11.6 Å². The fraction of sp³-hybridized carbons (Fsp3) is 0.381. The van der Waals surface area contributed by atoms with Crippen molar-refractivity contribution in [3.8, 4) is 17.0 Å². The molecule has 4 heterocycles. The van der Waals surface area contributed by atoms with Crippen molar-refractivity contribution in [3.05, 3.63) is 47.1 Å². The molecule has 29 heavy (non-hydrogen) atoms. The highest BCUT2D eigenvalue weighted by molar-refractivity contribution is 6.29. The number of carbonyl (C=O) groups is 1. The van der Waals surface area contributed by atoms with E-state index < -0.39 is 11.1 Å². The largest absolute Gasteiger partial charge is 0.484 e. The smallest absolute Gasteiger partial charge is 0.261 e. The molecule has 2 spiro atoms. The summed E-state index contributed by atoms with van der Waals surface area (Å²) in [6, 6.07) is 11.2. The monoisotopic (exact) mass is 412 g/mol. The van der Waals surface area contributed by atoms with Crippen molar-refractivity contribution in [1.82, 2.24) is 9.88 Å². The number of nitrogens with two attached hydrogens (primary N) is 1. The van der Waals surface area contributed by atoms with E-state index in [9.17, 15) is 4.79 Å². The molecule has 2 atom stereocenters. The summed E-state index contributed by atoms with van der Waals surface area (Å²) in [5.74, 6) is 0.689. The van der Waals surface area contributed by atoms with E-state index in [1.54, 1.807) is 13.1 Å². The average molecular weight is 413 g/mol. The van der Waals surface area contributed by atoms with Crippen LogP contribution in [0.4, 0.5) is 0 Å². The molecule has 7 nitrogen and oxygen atoms in total. The van der Waals surface area contributed by atoms with Gasteiger partial charge in [-0.3, -0.25) is 9.69 Å². The molecule has 1 aromatic carbocycles. The van der Waals surface area contributed by atoms with Gasteiger partial charge in [0.25, 0.3) is 5.91 Å². The third-order valence-electron chi connectivity index (χ3n) is 5.93. The lowest BCUT2D eigenvalue weighted by Gasteiger charge is -2.46. The zero-order valence-corrected chi connectivity index (χ0v) is 16.8. The molecule has 1 saturated heterocycles. The Kier molecular flexibility index (Phi) is 4.08. The zero-order chi connectivity index (χ0) is 20.2. The maximum Gasteiger partial charge on any atom is 0.261 e. The van der Waals surface area contributed by atoms with Crippen molar-refractivity contribution in [3.63, 3.8) is 0 Å². The van der Waals surface area contributed by atoms with Gasteiger partial charge in [0.2, 0.25) is 0 Å². The molecule has 0 aliphatic carbocycles. The summed E-state index contributed by atoms with van der Waals surface area (Å²) in [5.41, 5.74) is 6.61. The number of amides is 1. The molecule has 1 aromatic heterocycles. The molecule has 0 unspecified atom stereocenters. The number of fused-ring (bicyclic) bond motifs is 2. The topological polar surface area (TPSA) is 90.0 Å². The first kappa shape index (κ1) is 18.4. The molecule has 3 aliphatic heterocycles. The molecule has 0 saturated carbocycles. The summed E-state index contributed by atoms with van der Waals surface area (Å²) < 4.78 is 12.1. The van der Waals surface area contributed by atoms with Crippen molar-refractivity contribution in [1.29, 1.82) is 0 Å². The highest BCUT2D eigenvalue weighted by atomic mass is 35.5. The van der Waals surface area contributed by atoms with Crippen LogP contribution in [-0.2, 0) is 15.1 Å². The van der Waals surface area contributed by atoms with Crippen LogP contribution in [-0.4, -0.2) is 47.6 Å². The predicted molar refractivity (Wildman–Crippen MR) is 109 cm³/mol. The molecule has 8 heteroatoms. The van der Waals surface area contributed by atoms with Crippen LogP contribution in [0.5, 0.6) is 5.75 Å². The van der Waals surface area contributed by atoms with E-state index in [-0.39, 0.29) is 11.9 Å². The van der Waals surface area contributed by atoms with Crippen LogP contribution in [0.15, 0.2) is 41.4 Å². The SMILES string of the molecule is CN1C(=O)[C@@]2(C[C@]3(CCCOC3)Oc3ccc(-c4cccc(Cl)n4)cc32)N=C1N. The number of rotatable bonds is 1. The van der Waals surface area contributed by atoms with Crippen molar-refractivity contribution >= 4 is 23.5 Å². The Bertz CT molecular complexity index is 1030. The van der Waals surface area contributed by atoms with Crippen molar-refractivity contribution in [2.24, 2.45) is 10.7 Å². The number of ether oxygens (including phenoxy) is 2. The number of nitrogens with zero attached hydrogens (tertiary/aromatic N) is 3. The van der Waals surface area contributed by atoms with Crippen LogP contribution in [0, 0.1) is 0 Å². The fourth-order valence-electron chi connectivity index (χ4n) is 4.54. The summed E-state index contributed by atoms with van der Waals surface area (Å²) >= 11 is 6.07. The molecule has 2 aromatic rings. The second-order valence-corrected chi connectivity index (χ2v) is 8.26. The van der Waals surface area contributed by atoms with Crippen LogP contribution in [0.25, 0.3) is 11.3 Å². The van der Waals surface area contributed by atoms with Crippen LogP contribution < -0.4 is 10.5 Å². The van der Waals surface area contributed by atoms with Crippen molar-refractivity contribution in [2.45, 2.75) is 30.4 Å². The number of pyridine rings is 1. The van der Waals surface area contributed by atoms with Gasteiger partial charge in [-0.25, -0.2) is 9.98 Å². The number of hydrogen-bond donors (Lipinski definition) is 1. The van der Waals surface area contributed by atoms with E-state index in [2.05, 4.69) is 9.98 Å². The van der Waals surface area contributed by atoms with Crippen molar-refractivity contribution < 1.29 is 14.3 Å². The lowest BCUT2D eigenvalue weighted by molar-refractivity contribution is -0.139. The van der Waals surface area contributed by atoms with Gasteiger partial charge in [0, 0.05) is 31.2 Å². The molecular formula is C21H21ClN4O3. The summed E-state index contributed by atoms with van der Waals surface area (Å²) in [6.45, 7) is 1.13. The quantitative estimate of drug-likeness (QED) is 0.727. The summed E-state index contributed by atoms with van der Waals surface area (Å²) in [6.07, 6.45) is 2.07. The number of aromatic nitrogens is 1. The summed E-state index contributed by atoms with van der Waals surface area (Å²) in [7, 11) is 1.65. The van der Waals surface area contributed by atoms with E-state index in [0.29, 0.717) is 41.8 Å². The highest BCUT2D eigenvalue weighted by Crippen LogP contribution is 2.51. The third-order valence-corrected chi connectivity index (χ3v) is 6.14. The Hall–Kier alpha value is -2.64. The van der Waals surface area contributed by atoms with Gasteiger partial charge in [-0.15, -0.1) is 0 Å². The fourth-order valence-corrected chi connectivity index (χ4v) is 4.70. The van der Waals surface area contributed by atoms with Gasteiger partial charge in [0.1, 0.15) is 16.5 Å². The Morgan fingerprint density at radius 3 is 2.83 bits per heavy atom. The minimum Gasteiger partial charge on any atom is -0.484 e. The number of hydrogen-bond acceptors (Lipinski definition) is 6. The van der Waals surface area contributed by atoms with E-state index >= 15 is 0 Å². The Morgan fingerprint density at radius 2 is 2.14 bits per heavy atom. The van der Waals surface area contributed by atoms with Gasteiger partial charge < -0.3 is 15.2 Å². The van der Waals surface area contributed by atoms with Gasteiger partial charge in [0.15, 0.2) is 11.5 Å². The first-order valence-electron chi connectivity index (χ1n) is 9.60. The van der Waals surface area contributed by atoms with E-state index in [0.717, 1.165) is 18.4 Å². The number of carbonyl (C=O) groups excluding carboxylic acids is 1. The first-order chi connectivity index (χ1) is 13.9. The second-order valence-electron chi connectivity index (χ2n) is 7.87. The maximum atomic E-state index is 13.4. The highest BCUT2D eigenvalue weighted by Gasteiger charge is 2.58. The Morgan fingerprint density at radius 1 is 1.28 bits per heavy atom. The van der Waals surface area contributed by atoms with Gasteiger partial charge >= 0.3 is 0 Å². The lowest BCUT2D eigenvalue weighted by atomic mass is 9.74. The van der Waals surface area contributed by atoms with E-state index in [1.165, 1.54) is 4.90 Å². The summed E-state index contributed by atoms with van der Waals surface area (Å²) in [4.78, 5) is 23.9. The summed E-state index contributed by atoms with van der Waals surface area (Å²) in [5, 5.41) is 0.406. The molecular weight excluding hydrogens is 392 g/mol. The number of aliphatic imine (C=N–C) groups is 1. The van der Waals surface area contributed by atoms with Gasteiger partial charge in [-0.2, -0.15) is 0 Å². The van der Waals surface area contributed by atoms with Gasteiger partial charge in [-0.05, 0) is 43.2 Å². The Labute approximate surface area is 173 Å². The normalized spacial score (nSPS) is 28.4.